The fraction of sp³-hybridized carbons (Fsp3) is 0.375. The molecule has 0 radical (unpaired) electrons. The Hall–Kier alpha value is -2.14. The Labute approximate surface area is 123 Å². The van der Waals surface area contributed by atoms with Crippen LogP contribution in [-0.2, 0) is 6.54 Å². The van der Waals surface area contributed by atoms with Crippen molar-refractivity contribution in [1.82, 2.24) is 9.78 Å². The lowest BCUT2D eigenvalue weighted by Crippen LogP contribution is -2.31. The summed E-state index contributed by atoms with van der Waals surface area (Å²) < 4.78 is 6.94. The van der Waals surface area contributed by atoms with Gasteiger partial charge in [-0.15, -0.1) is 0 Å². The molecular formula is C16H20N2O3. The molecule has 2 aromatic rings. The van der Waals surface area contributed by atoms with Crippen LogP contribution in [-0.4, -0.2) is 27.6 Å². The fourth-order valence-corrected chi connectivity index (χ4v) is 2.14. The number of benzene rings is 1. The molecular weight excluding hydrogens is 268 g/mol. The summed E-state index contributed by atoms with van der Waals surface area (Å²) in [6.07, 6.45) is -0.795. The Morgan fingerprint density at radius 2 is 1.86 bits per heavy atom. The molecule has 1 aromatic carbocycles. The van der Waals surface area contributed by atoms with Crippen molar-refractivity contribution in [2.24, 2.45) is 0 Å². The van der Waals surface area contributed by atoms with Crippen molar-refractivity contribution in [2.75, 3.05) is 6.61 Å². The molecule has 2 rings (SSSR count). The number of ether oxygens (including phenoxy) is 1. The zero-order valence-electron chi connectivity index (χ0n) is 12.5. The summed E-state index contributed by atoms with van der Waals surface area (Å²) in [6, 6.07) is 8.98. The van der Waals surface area contributed by atoms with E-state index in [0.717, 1.165) is 22.6 Å². The number of aryl methyl sites for hydroxylation is 3. The number of rotatable bonds is 5. The molecule has 1 aromatic heterocycles. The fourth-order valence-electron chi connectivity index (χ4n) is 2.14. The number of aliphatic hydroxyl groups excluding tert-OH is 1. The third-order valence-electron chi connectivity index (χ3n) is 3.21. The Bertz CT molecular complexity index is 659. The first-order valence-electron chi connectivity index (χ1n) is 6.89. The van der Waals surface area contributed by atoms with Gasteiger partial charge in [0.05, 0.1) is 12.2 Å². The normalized spacial score (nSPS) is 12.2. The number of para-hydroxylation sites is 1. The van der Waals surface area contributed by atoms with Gasteiger partial charge < -0.3 is 9.84 Å². The highest BCUT2D eigenvalue weighted by Gasteiger charge is 2.11. The van der Waals surface area contributed by atoms with Crippen LogP contribution in [0.15, 0.2) is 35.1 Å². The van der Waals surface area contributed by atoms with E-state index in [1.165, 1.54) is 10.7 Å². The second-order valence-corrected chi connectivity index (χ2v) is 5.18. The van der Waals surface area contributed by atoms with Gasteiger partial charge in [0, 0.05) is 6.07 Å². The second kappa shape index (κ2) is 6.54. The van der Waals surface area contributed by atoms with E-state index in [2.05, 4.69) is 5.10 Å². The summed E-state index contributed by atoms with van der Waals surface area (Å²) in [4.78, 5) is 11.6. The molecule has 5 nitrogen and oxygen atoms in total. The quantitative estimate of drug-likeness (QED) is 0.908. The Kier molecular flexibility index (Phi) is 4.75. The molecule has 1 N–H and O–H groups in total. The Morgan fingerprint density at radius 3 is 2.52 bits per heavy atom. The summed E-state index contributed by atoms with van der Waals surface area (Å²) in [5.74, 6) is 0.779. The SMILES string of the molecule is Cc1ccc(=O)n(CC(O)COc2c(C)cccc2C)n1. The van der Waals surface area contributed by atoms with E-state index in [1.54, 1.807) is 13.0 Å². The van der Waals surface area contributed by atoms with Crippen LogP contribution in [0.5, 0.6) is 5.75 Å². The molecule has 0 aliphatic carbocycles. The first kappa shape index (κ1) is 15.3. The van der Waals surface area contributed by atoms with Crippen molar-refractivity contribution < 1.29 is 9.84 Å². The monoisotopic (exact) mass is 288 g/mol. The topological polar surface area (TPSA) is 64.4 Å². The Morgan fingerprint density at radius 1 is 1.19 bits per heavy atom. The maximum Gasteiger partial charge on any atom is 0.266 e. The predicted octanol–water partition coefficient (Wildman–Crippen LogP) is 1.61. The predicted molar refractivity (Wildman–Crippen MR) is 80.7 cm³/mol. The van der Waals surface area contributed by atoms with Gasteiger partial charge in [-0.05, 0) is 38.0 Å². The van der Waals surface area contributed by atoms with Crippen LogP contribution >= 0.6 is 0 Å². The minimum atomic E-state index is -0.795. The van der Waals surface area contributed by atoms with Gasteiger partial charge in [-0.3, -0.25) is 4.79 Å². The zero-order chi connectivity index (χ0) is 15.4. The molecule has 21 heavy (non-hydrogen) atoms. The summed E-state index contributed by atoms with van der Waals surface area (Å²) in [6.45, 7) is 5.96. The lowest BCUT2D eigenvalue weighted by Gasteiger charge is -2.16. The summed E-state index contributed by atoms with van der Waals surface area (Å²) >= 11 is 0. The standard InChI is InChI=1S/C16H20N2O3/c1-11-5-4-6-12(2)16(11)21-10-14(19)9-18-15(20)8-7-13(3)17-18/h4-8,14,19H,9-10H2,1-3H3. The Balaban J connectivity index is 2.01. The molecule has 0 saturated carbocycles. The van der Waals surface area contributed by atoms with E-state index in [1.807, 2.05) is 32.0 Å². The van der Waals surface area contributed by atoms with Gasteiger partial charge in [-0.25, -0.2) is 4.68 Å². The smallest absolute Gasteiger partial charge is 0.266 e. The van der Waals surface area contributed by atoms with Crippen molar-refractivity contribution in [3.05, 3.63) is 57.5 Å². The van der Waals surface area contributed by atoms with E-state index < -0.39 is 6.10 Å². The molecule has 1 unspecified atom stereocenters. The zero-order valence-corrected chi connectivity index (χ0v) is 12.5. The lowest BCUT2D eigenvalue weighted by molar-refractivity contribution is 0.0872. The molecule has 1 heterocycles. The molecule has 0 aliphatic heterocycles. The lowest BCUT2D eigenvalue weighted by atomic mass is 10.1. The minimum absolute atomic E-state index is 0.117. The molecule has 5 heteroatoms. The van der Waals surface area contributed by atoms with Gasteiger partial charge in [0.25, 0.3) is 5.56 Å². The maximum absolute atomic E-state index is 11.6. The van der Waals surface area contributed by atoms with E-state index >= 15 is 0 Å². The molecule has 1 atom stereocenters. The molecule has 0 amide bonds. The third-order valence-corrected chi connectivity index (χ3v) is 3.21. The molecule has 112 valence electrons. The van der Waals surface area contributed by atoms with Gasteiger partial charge in [-0.2, -0.15) is 5.10 Å². The highest BCUT2D eigenvalue weighted by Crippen LogP contribution is 2.22. The van der Waals surface area contributed by atoms with E-state index in [-0.39, 0.29) is 18.7 Å². The van der Waals surface area contributed by atoms with E-state index in [4.69, 9.17) is 4.74 Å². The largest absolute Gasteiger partial charge is 0.490 e. The molecule has 0 saturated heterocycles. The molecule has 0 spiro atoms. The van der Waals surface area contributed by atoms with E-state index in [9.17, 15) is 9.90 Å². The van der Waals surface area contributed by atoms with Crippen molar-refractivity contribution in [3.8, 4) is 5.75 Å². The summed E-state index contributed by atoms with van der Waals surface area (Å²) in [5, 5.41) is 14.1. The minimum Gasteiger partial charge on any atom is -0.490 e. The van der Waals surface area contributed by atoms with Gasteiger partial charge in [0.2, 0.25) is 0 Å². The van der Waals surface area contributed by atoms with Crippen molar-refractivity contribution in [3.63, 3.8) is 0 Å². The maximum atomic E-state index is 11.6. The van der Waals surface area contributed by atoms with Gasteiger partial charge in [0.1, 0.15) is 18.5 Å². The van der Waals surface area contributed by atoms with Crippen LogP contribution in [0.4, 0.5) is 0 Å². The van der Waals surface area contributed by atoms with Gasteiger partial charge >= 0.3 is 0 Å². The van der Waals surface area contributed by atoms with Crippen LogP contribution < -0.4 is 10.3 Å². The first-order chi connectivity index (χ1) is 9.97. The van der Waals surface area contributed by atoms with Crippen LogP contribution in [0, 0.1) is 20.8 Å². The van der Waals surface area contributed by atoms with Crippen LogP contribution in [0.3, 0.4) is 0 Å². The number of hydrogen-bond acceptors (Lipinski definition) is 4. The first-order valence-corrected chi connectivity index (χ1v) is 6.89. The summed E-state index contributed by atoms with van der Waals surface area (Å²) in [7, 11) is 0. The van der Waals surface area contributed by atoms with Crippen molar-refractivity contribution in [2.45, 2.75) is 33.4 Å². The third kappa shape index (κ3) is 3.92. The van der Waals surface area contributed by atoms with Gasteiger partial charge in [-0.1, -0.05) is 18.2 Å². The molecule has 0 aliphatic rings. The van der Waals surface area contributed by atoms with E-state index in [0.29, 0.717) is 0 Å². The van der Waals surface area contributed by atoms with Crippen molar-refractivity contribution in [1.29, 1.82) is 0 Å². The average Bonchev–Trinajstić information content (AvgIpc) is 2.42. The van der Waals surface area contributed by atoms with Gasteiger partial charge in [0.15, 0.2) is 0 Å². The number of nitrogens with zero attached hydrogens (tertiary/aromatic N) is 2. The average molecular weight is 288 g/mol. The highest BCUT2D eigenvalue weighted by molar-refractivity contribution is 5.39. The van der Waals surface area contributed by atoms with Crippen LogP contribution in [0.2, 0.25) is 0 Å². The second-order valence-electron chi connectivity index (χ2n) is 5.18. The number of aliphatic hydroxyl groups is 1. The summed E-state index contributed by atoms with van der Waals surface area (Å²) in [5.41, 5.74) is 2.55. The van der Waals surface area contributed by atoms with Crippen LogP contribution in [0.25, 0.3) is 0 Å². The molecule has 0 bridgehead atoms. The molecule has 0 fully saturated rings. The highest BCUT2D eigenvalue weighted by atomic mass is 16.5. The number of hydrogen-bond donors (Lipinski definition) is 1. The van der Waals surface area contributed by atoms with Crippen molar-refractivity contribution >= 4 is 0 Å². The van der Waals surface area contributed by atoms with Crippen LogP contribution in [0.1, 0.15) is 16.8 Å². The number of aromatic nitrogens is 2.